The van der Waals surface area contributed by atoms with Gasteiger partial charge in [0, 0.05) is 0 Å². The number of hydrogen-bond donors (Lipinski definition) is 1. The number of fused-ring (bicyclic) bond motifs is 2. The van der Waals surface area contributed by atoms with E-state index in [9.17, 15) is 9.59 Å². The van der Waals surface area contributed by atoms with Crippen LogP contribution in [0, 0.1) is 0 Å². The molecule has 4 rings (SSSR count). The number of hydrogen-bond acceptors (Lipinski definition) is 5. The van der Waals surface area contributed by atoms with Crippen molar-refractivity contribution in [3.05, 3.63) is 53.1 Å². The number of aryl methyl sites for hydroxylation is 1. The second-order valence-electron chi connectivity index (χ2n) is 6.21. The molecule has 6 heteroatoms. The molecule has 1 N–H and O–H groups in total. The largest absolute Gasteiger partial charge is 0.490 e. The van der Waals surface area contributed by atoms with Crippen LogP contribution >= 0.6 is 0 Å². The Hall–Kier alpha value is -3.02. The van der Waals surface area contributed by atoms with E-state index in [4.69, 9.17) is 14.2 Å². The van der Waals surface area contributed by atoms with Gasteiger partial charge in [0.05, 0.1) is 17.7 Å². The maximum absolute atomic E-state index is 11.9. The third-order valence-electron chi connectivity index (χ3n) is 4.48. The van der Waals surface area contributed by atoms with Crippen LogP contribution in [0.25, 0.3) is 0 Å². The van der Waals surface area contributed by atoms with Crippen LogP contribution in [0.3, 0.4) is 0 Å². The SMILES string of the molecule is O=C1NC(=O)c2c(CCCCOc3cccc4c3OCCO4)cccc21. The van der Waals surface area contributed by atoms with E-state index in [0.29, 0.717) is 48.2 Å². The molecule has 2 heterocycles. The number of imide groups is 1. The van der Waals surface area contributed by atoms with Crippen molar-refractivity contribution in [2.75, 3.05) is 19.8 Å². The fourth-order valence-electron chi connectivity index (χ4n) is 3.26. The third kappa shape index (κ3) is 3.10. The topological polar surface area (TPSA) is 73.9 Å². The summed E-state index contributed by atoms with van der Waals surface area (Å²) < 4.78 is 17.0. The van der Waals surface area contributed by atoms with Crippen LogP contribution in [-0.4, -0.2) is 31.6 Å². The molecule has 134 valence electrons. The Bertz CT molecular complexity index is 861. The van der Waals surface area contributed by atoms with Crippen molar-refractivity contribution in [1.82, 2.24) is 5.32 Å². The maximum atomic E-state index is 11.9. The Morgan fingerprint density at radius 2 is 1.81 bits per heavy atom. The predicted octanol–water partition coefficient (Wildman–Crippen LogP) is 2.74. The number of unbranched alkanes of at least 4 members (excludes halogenated alkanes) is 1. The van der Waals surface area contributed by atoms with Gasteiger partial charge in [0.15, 0.2) is 11.5 Å². The van der Waals surface area contributed by atoms with Crippen molar-refractivity contribution in [1.29, 1.82) is 0 Å². The normalized spacial score (nSPS) is 14.8. The first kappa shape index (κ1) is 16.4. The van der Waals surface area contributed by atoms with E-state index in [1.54, 1.807) is 6.07 Å². The second kappa shape index (κ2) is 7.07. The van der Waals surface area contributed by atoms with E-state index >= 15 is 0 Å². The van der Waals surface area contributed by atoms with Crippen molar-refractivity contribution in [2.45, 2.75) is 19.3 Å². The fourth-order valence-corrected chi connectivity index (χ4v) is 3.26. The quantitative estimate of drug-likeness (QED) is 0.638. The van der Waals surface area contributed by atoms with Gasteiger partial charge in [0.2, 0.25) is 5.75 Å². The van der Waals surface area contributed by atoms with Gasteiger partial charge in [0.25, 0.3) is 11.8 Å². The number of rotatable bonds is 6. The summed E-state index contributed by atoms with van der Waals surface area (Å²) in [5.41, 5.74) is 1.89. The van der Waals surface area contributed by atoms with E-state index < -0.39 is 0 Å². The second-order valence-corrected chi connectivity index (χ2v) is 6.21. The fraction of sp³-hybridized carbons (Fsp3) is 0.300. The van der Waals surface area contributed by atoms with Crippen LogP contribution in [0.5, 0.6) is 17.2 Å². The molecule has 0 saturated carbocycles. The minimum absolute atomic E-state index is 0.301. The first-order valence-corrected chi connectivity index (χ1v) is 8.73. The molecular formula is C20H19NO5. The average molecular weight is 353 g/mol. The average Bonchev–Trinajstić information content (AvgIpc) is 2.96. The van der Waals surface area contributed by atoms with Crippen molar-refractivity contribution < 1.29 is 23.8 Å². The number of amides is 2. The summed E-state index contributed by atoms with van der Waals surface area (Å²) in [6.07, 6.45) is 2.40. The highest BCUT2D eigenvalue weighted by atomic mass is 16.6. The molecule has 2 aromatic rings. The summed E-state index contributed by atoms with van der Waals surface area (Å²) in [7, 11) is 0. The van der Waals surface area contributed by atoms with Crippen LogP contribution in [-0.2, 0) is 6.42 Å². The molecule has 0 aliphatic carbocycles. The Morgan fingerprint density at radius 1 is 0.962 bits per heavy atom. The standard InChI is InChI=1S/C20H19NO5/c22-19-14-7-3-6-13(17(14)20(23)21-19)5-1-2-10-24-15-8-4-9-16-18(15)26-12-11-25-16/h3-4,6-9H,1-2,5,10-12H2,(H,21,22,23). The summed E-state index contributed by atoms with van der Waals surface area (Å²) >= 11 is 0. The molecule has 0 atom stereocenters. The zero-order chi connectivity index (χ0) is 17.9. The minimum atomic E-state index is -0.314. The number of carbonyl (C=O) groups is 2. The van der Waals surface area contributed by atoms with Gasteiger partial charge in [-0.15, -0.1) is 0 Å². The molecule has 2 amide bonds. The van der Waals surface area contributed by atoms with E-state index in [0.717, 1.165) is 24.8 Å². The van der Waals surface area contributed by atoms with Gasteiger partial charge >= 0.3 is 0 Å². The summed E-state index contributed by atoms with van der Waals surface area (Å²) in [6, 6.07) is 11.0. The molecule has 6 nitrogen and oxygen atoms in total. The first-order chi connectivity index (χ1) is 12.7. The predicted molar refractivity (Wildman–Crippen MR) is 94.1 cm³/mol. The van der Waals surface area contributed by atoms with E-state index in [1.807, 2.05) is 30.3 Å². The molecule has 0 radical (unpaired) electrons. The lowest BCUT2D eigenvalue weighted by molar-refractivity contribution is 0.0879. The van der Waals surface area contributed by atoms with Gasteiger partial charge < -0.3 is 14.2 Å². The number of nitrogens with one attached hydrogen (secondary N) is 1. The highest BCUT2D eigenvalue weighted by molar-refractivity contribution is 6.22. The maximum Gasteiger partial charge on any atom is 0.259 e. The molecule has 2 aliphatic heterocycles. The molecule has 0 unspecified atom stereocenters. The zero-order valence-corrected chi connectivity index (χ0v) is 14.2. The molecule has 0 fully saturated rings. The molecule has 0 bridgehead atoms. The monoisotopic (exact) mass is 353 g/mol. The Morgan fingerprint density at radius 3 is 2.73 bits per heavy atom. The highest BCUT2D eigenvalue weighted by Gasteiger charge is 2.28. The summed E-state index contributed by atoms with van der Waals surface area (Å²) in [4.78, 5) is 23.6. The van der Waals surface area contributed by atoms with E-state index in [2.05, 4.69) is 5.32 Å². The number of benzene rings is 2. The first-order valence-electron chi connectivity index (χ1n) is 8.73. The van der Waals surface area contributed by atoms with Gasteiger partial charge in [-0.3, -0.25) is 14.9 Å². The summed E-state index contributed by atoms with van der Waals surface area (Å²) in [6.45, 7) is 1.61. The lowest BCUT2D eigenvalue weighted by Crippen LogP contribution is -2.20. The summed E-state index contributed by atoms with van der Waals surface area (Å²) in [5.74, 6) is 1.45. The van der Waals surface area contributed by atoms with Crippen molar-refractivity contribution in [3.8, 4) is 17.2 Å². The Balaban J connectivity index is 1.32. The molecule has 0 aromatic heterocycles. The molecule has 0 spiro atoms. The van der Waals surface area contributed by atoms with E-state index in [1.165, 1.54) is 0 Å². The van der Waals surface area contributed by atoms with Gasteiger partial charge in [0.1, 0.15) is 13.2 Å². The van der Waals surface area contributed by atoms with Crippen LogP contribution in [0.1, 0.15) is 39.1 Å². The van der Waals surface area contributed by atoms with Crippen molar-refractivity contribution in [3.63, 3.8) is 0 Å². The number of para-hydroxylation sites is 1. The molecular weight excluding hydrogens is 334 g/mol. The molecule has 2 aromatic carbocycles. The zero-order valence-electron chi connectivity index (χ0n) is 14.2. The van der Waals surface area contributed by atoms with Gasteiger partial charge in [-0.2, -0.15) is 0 Å². The smallest absolute Gasteiger partial charge is 0.259 e. The molecule has 26 heavy (non-hydrogen) atoms. The number of carbonyl (C=O) groups excluding carboxylic acids is 2. The minimum Gasteiger partial charge on any atom is -0.490 e. The van der Waals surface area contributed by atoms with Gasteiger partial charge in [-0.05, 0) is 43.0 Å². The Kier molecular flexibility index (Phi) is 4.48. The lowest BCUT2D eigenvalue weighted by atomic mass is 9.98. The van der Waals surface area contributed by atoms with Crippen LogP contribution < -0.4 is 19.5 Å². The lowest BCUT2D eigenvalue weighted by Gasteiger charge is -2.20. The number of ether oxygens (including phenoxy) is 3. The summed E-state index contributed by atoms with van der Waals surface area (Å²) in [5, 5.41) is 2.35. The third-order valence-corrected chi connectivity index (χ3v) is 4.48. The molecule has 2 aliphatic rings. The Labute approximate surface area is 151 Å². The van der Waals surface area contributed by atoms with Crippen LogP contribution in [0.15, 0.2) is 36.4 Å². The highest BCUT2D eigenvalue weighted by Crippen LogP contribution is 2.39. The van der Waals surface area contributed by atoms with E-state index in [-0.39, 0.29) is 11.8 Å². The van der Waals surface area contributed by atoms with Gasteiger partial charge in [-0.1, -0.05) is 18.2 Å². The van der Waals surface area contributed by atoms with Crippen LogP contribution in [0.2, 0.25) is 0 Å². The van der Waals surface area contributed by atoms with Crippen LogP contribution in [0.4, 0.5) is 0 Å². The van der Waals surface area contributed by atoms with Crippen molar-refractivity contribution >= 4 is 11.8 Å². The van der Waals surface area contributed by atoms with Gasteiger partial charge in [-0.25, -0.2) is 0 Å². The molecule has 0 saturated heterocycles. The van der Waals surface area contributed by atoms with Crippen molar-refractivity contribution in [2.24, 2.45) is 0 Å².